The molecule has 8 bridgehead atoms. The molecular formula is C40H51IO4. The highest BCUT2D eigenvalue weighted by molar-refractivity contribution is 14.1. The number of hydrogen-bond donors (Lipinski definition) is 0. The third kappa shape index (κ3) is 5.33. The molecular weight excluding hydrogens is 671 g/mol. The highest BCUT2D eigenvalue weighted by Crippen LogP contribution is 2.60. The zero-order valence-corrected chi connectivity index (χ0v) is 29.8. The normalized spacial score (nSPS) is 41.0. The average molecular weight is 723 g/mol. The minimum atomic E-state index is -0.579. The van der Waals surface area contributed by atoms with Crippen LogP contribution in [0, 0.1) is 47.3 Å². The molecule has 0 N–H and O–H groups in total. The van der Waals surface area contributed by atoms with Gasteiger partial charge in [0, 0.05) is 0 Å². The van der Waals surface area contributed by atoms with Gasteiger partial charge in [-0.15, -0.1) is 0 Å². The van der Waals surface area contributed by atoms with Crippen molar-refractivity contribution in [3.05, 3.63) is 59.7 Å². The average Bonchev–Trinajstić information content (AvgIpc) is 3.02. The Labute approximate surface area is 283 Å². The van der Waals surface area contributed by atoms with Crippen LogP contribution in [0.1, 0.15) is 116 Å². The number of rotatable bonds is 9. The molecule has 1 unspecified atom stereocenters. The van der Waals surface area contributed by atoms with Gasteiger partial charge < -0.3 is 14.2 Å². The van der Waals surface area contributed by atoms with Crippen molar-refractivity contribution in [2.24, 2.45) is 47.3 Å². The maximum absolute atomic E-state index is 13.4. The van der Waals surface area contributed by atoms with Crippen LogP contribution < -0.4 is 9.47 Å². The molecule has 8 aliphatic carbocycles. The van der Waals surface area contributed by atoms with Gasteiger partial charge in [0.2, 0.25) is 0 Å². The van der Waals surface area contributed by atoms with Crippen molar-refractivity contribution in [2.75, 3.05) is 0 Å². The van der Waals surface area contributed by atoms with E-state index >= 15 is 0 Å². The minimum Gasteiger partial charge on any atom is -0.487 e. The topological polar surface area (TPSA) is 44.8 Å². The van der Waals surface area contributed by atoms with Crippen LogP contribution in [0.15, 0.2) is 48.5 Å². The highest BCUT2D eigenvalue weighted by Gasteiger charge is 2.57. The van der Waals surface area contributed by atoms with Gasteiger partial charge in [0.1, 0.15) is 26.1 Å². The summed E-state index contributed by atoms with van der Waals surface area (Å²) in [5.74, 6) is 8.01. The van der Waals surface area contributed by atoms with E-state index in [1.165, 1.54) is 64.2 Å². The summed E-state index contributed by atoms with van der Waals surface area (Å²) in [6, 6.07) is 16.8. The van der Waals surface area contributed by atoms with E-state index in [-0.39, 0.29) is 17.2 Å². The molecule has 0 spiro atoms. The van der Waals surface area contributed by atoms with Crippen molar-refractivity contribution < 1.29 is 19.0 Å². The number of carbonyl (C=O) groups is 1. The molecule has 0 aliphatic heterocycles. The molecule has 0 aromatic heterocycles. The van der Waals surface area contributed by atoms with Gasteiger partial charge in [-0.3, -0.25) is 4.79 Å². The monoisotopic (exact) mass is 722 g/mol. The van der Waals surface area contributed by atoms with Gasteiger partial charge in [-0.05, 0) is 174 Å². The van der Waals surface area contributed by atoms with E-state index < -0.39 is 9.53 Å². The first kappa shape index (κ1) is 30.6. The highest BCUT2D eigenvalue weighted by atomic mass is 127. The summed E-state index contributed by atoms with van der Waals surface area (Å²) < 4.78 is 19.5. The van der Waals surface area contributed by atoms with E-state index in [1.807, 2.05) is 13.8 Å². The molecule has 242 valence electrons. The molecule has 2 aromatic rings. The van der Waals surface area contributed by atoms with Crippen molar-refractivity contribution >= 4 is 28.6 Å². The lowest BCUT2D eigenvalue weighted by Gasteiger charge is -2.59. The van der Waals surface area contributed by atoms with Crippen LogP contribution in [0.4, 0.5) is 0 Å². The molecule has 0 saturated heterocycles. The van der Waals surface area contributed by atoms with E-state index in [2.05, 4.69) is 85.0 Å². The third-order valence-electron chi connectivity index (χ3n) is 13.9. The number of benzene rings is 2. The lowest BCUT2D eigenvalue weighted by atomic mass is 9.50. The van der Waals surface area contributed by atoms with Crippen molar-refractivity contribution in [3.63, 3.8) is 0 Å². The zero-order valence-electron chi connectivity index (χ0n) is 27.6. The second-order valence-electron chi connectivity index (χ2n) is 16.7. The Hall–Kier alpha value is -1.76. The van der Waals surface area contributed by atoms with Gasteiger partial charge in [-0.1, -0.05) is 53.8 Å². The smallest absolute Gasteiger partial charge is 0.322 e. The molecule has 2 aromatic carbocycles. The molecule has 0 amide bonds. The lowest BCUT2D eigenvalue weighted by Crippen LogP contribution is -2.59. The summed E-state index contributed by atoms with van der Waals surface area (Å²) in [6.45, 7) is 8.74. The quantitative estimate of drug-likeness (QED) is 0.147. The Morgan fingerprint density at radius 2 is 1.02 bits per heavy atom. The fourth-order valence-corrected chi connectivity index (χ4v) is 11.3. The van der Waals surface area contributed by atoms with Crippen LogP contribution in [0.25, 0.3) is 0 Å². The maximum Gasteiger partial charge on any atom is 0.322 e. The molecule has 0 radical (unpaired) electrons. The molecule has 0 heterocycles. The Morgan fingerprint density at radius 1 is 0.689 bits per heavy atom. The van der Waals surface area contributed by atoms with Gasteiger partial charge >= 0.3 is 5.97 Å². The largest absolute Gasteiger partial charge is 0.487 e. The van der Waals surface area contributed by atoms with Gasteiger partial charge in [-0.25, -0.2) is 0 Å². The van der Waals surface area contributed by atoms with Crippen molar-refractivity contribution in [1.82, 2.24) is 0 Å². The van der Waals surface area contributed by atoms with E-state index in [1.54, 1.807) is 0 Å². The molecule has 4 nitrogen and oxygen atoms in total. The molecule has 1 atom stereocenters. The Balaban J connectivity index is 1.02. The molecule has 8 aliphatic rings. The predicted molar refractivity (Wildman–Crippen MR) is 186 cm³/mol. The van der Waals surface area contributed by atoms with Crippen molar-refractivity contribution in [1.29, 1.82) is 0 Å². The molecule has 45 heavy (non-hydrogen) atoms. The summed E-state index contributed by atoms with van der Waals surface area (Å²) in [5, 5.41) is 0. The second kappa shape index (κ2) is 11.2. The zero-order chi connectivity index (χ0) is 31.1. The van der Waals surface area contributed by atoms with Gasteiger partial charge in [0.25, 0.3) is 0 Å². The van der Waals surface area contributed by atoms with Crippen LogP contribution in [0.3, 0.4) is 0 Å². The van der Waals surface area contributed by atoms with Crippen LogP contribution in [0.5, 0.6) is 11.5 Å². The summed E-state index contributed by atoms with van der Waals surface area (Å²) in [4.78, 5) is 13.4. The van der Waals surface area contributed by atoms with Crippen molar-refractivity contribution in [2.45, 2.75) is 119 Å². The second-order valence-corrected chi connectivity index (χ2v) is 19.0. The Kier molecular flexibility index (Phi) is 7.58. The summed E-state index contributed by atoms with van der Waals surface area (Å²) in [7, 11) is 0. The fourth-order valence-electron chi connectivity index (χ4n) is 11.2. The summed E-state index contributed by atoms with van der Waals surface area (Å²) >= 11 is 2.23. The SMILES string of the molecule is CCC(C)(I)C(=O)OC(c1ccc(OC2(C)C3CC4CC(C3)CC2C4)cc1)c1ccc(OC2(C)C3CC4CC(C3)CC2C4)cc1. The number of carbonyl (C=O) groups excluding carboxylic acids is 1. The number of ether oxygens (including phenoxy) is 3. The third-order valence-corrected chi connectivity index (χ3v) is 15.1. The fraction of sp³-hybridized carbons (Fsp3) is 0.675. The minimum absolute atomic E-state index is 0.0747. The summed E-state index contributed by atoms with van der Waals surface area (Å²) in [6.07, 6.45) is 13.7. The summed E-state index contributed by atoms with van der Waals surface area (Å²) in [5.41, 5.74) is 1.79. The predicted octanol–water partition coefficient (Wildman–Crippen LogP) is 10.1. The van der Waals surface area contributed by atoms with Crippen LogP contribution in [-0.4, -0.2) is 20.6 Å². The molecule has 5 heteroatoms. The van der Waals surface area contributed by atoms with E-state index in [4.69, 9.17) is 14.2 Å². The van der Waals surface area contributed by atoms with Crippen LogP contribution in [-0.2, 0) is 9.53 Å². The maximum atomic E-state index is 13.4. The first-order valence-electron chi connectivity index (χ1n) is 18.0. The standard InChI is InChI=1S/C40H51IO4/c1-5-38(2,41)37(42)43-36(28-6-10-34(11-7-28)44-39(3)30-16-24-14-25(18-30)19-31(39)17-24)29-8-12-35(13-9-29)45-40(4)32-20-26-15-27(22-32)23-33(40)21-26/h6-13,24-27,30-33,36H,5,14-23H2,1-4H3. The Bertz CT molecular complexity index is 1260. The number of esters is 1. The first-order valence-corrected chi connectivity index (χ1v) is 19.1. The number of halogens is 1. The lowest BCUT2D eigenvalue weighted by molar-refractivity contribution is -0.149. The first-order chi connectivity index (χ1) is 21.5. The van der Waals surface area contributed by atoms with Crippen LogP contribution in [0.2, 0.25) is 0 Å². The molecule has 8 fully saturated rings. The molecule has 8 saturated carbocycles. The van der Waals surface area contributed by atoms with Gasteiger partial charge in [0.15, 0.2) is 6.10 Å². The van der Waals surface area contributed by atoms with Gasteiger partial charge in [-0.2, -0.15) is 0 Å². The number of alkyl halides is 1. The van der Waals surface area contributed by atoms with E-state index in [9.17, 15) is 4.79 Å². The Morgan fingerprint density at radius 3 is 1.33 bits per heavy atom. The van der Waals surface area contributed by atoms with Crippen LogP contribution >= 0.6 is 22.6 Å². The number of hydrogen-bond acceptors (Lipinski definition) is 4. The van der Waals surface area contributed by atoms with E-state index in [0.717, 1.165) is 46.3 Å². The van der Waals surface area contributed by atoms with Crippen molar-refractivity contribution in [3.8, 4) is 11.5 Å². The van der Waals surface area contributed by atoms with Gasteiger partial charge in [0.05, 0.1) is 0 Å². The molecule has 10 rings (SSSR count). The van der Waals surface area contributed by atoms with E-state index in [0.29, 0.717) is 30.1 Å².